The normalized spacial score (nSPS) is 18.6. The Morgan fingerprint density at radius 3 is 2.39 bits per heavy atom. The van der Waals surface area contributed by atoms with E-state index in [-0.39, 0.29) is 19.4 Å². The molecule has 1 saturated carbocycles. The summed E-state index contributed by atoms with van der Waals surface area (Å²) in [4.78, 5) is 16.1. The minimum absolute atomic E-state index is 0.0651. The molecule has 0 bridgehead atoms. The van der Waals surface area contributed by atoms with Crippen molar-refractivity contribution in [3.8, 4) is 11.3 Å². The molecule has 0 saturated heterocycles. The second kappa shape index (κ2) is 9.96. The number of aromatic nitrogens is 2. The van der Waals surface area contributed by atoms with Crippen molar-refractivity contribution in [3.63, 3.8) is 0 Å². The number of imidazole rings is 1. The Morgan fingerprint density at radius 2 is 1.79 bits per heavy atom. The number of nitrogens with one attached hydrogen (secondary N) is 1. The molecule has 0 atom stereocenters. The molecule has 1 amide bonds. The number of hydrogen-bond donors (Lipinski definition) is 1. The Balaban J connectivity index is 1.36. The molecule has 6 nitrogen and oxygen atoms in total. The van der Waals surface area contributed by atoms with Crippen molar-refractivity contribution in [2.45, 2.75) is 50.6 Å². The first kappa shape index (κ1) is 24.8. The molecule has 1 heterocycles. The standard InChI is InChI=1S/C21H21F6N3O3/c1-13(29-19(31)11-32-16-8-17(9-16)33-21(25,26)27)6-7-30-10-18(28-12-30)14-2-4-15(5-3-14)20(22,23)24/h2-5,10,12,16-17H,1,6-9,11H2,(H,29,31). The molecule has 2 aromatic rings. The highest BCUT2D eigenvalue weighted by Gasteiger charge is 2.40. The van der Waals surface area contributed by atoms with Crippen LogP contribution < -0.4 is 5.32 Å². The van der Waals surface area contributed by atoms with Crippen LogP contribution in [0.4, 0.5) is 26.3 Å². The van der Waals surface area contributed by atoms with Gasteiger partial charge in [-0.3, -0.25) is 9.53 Å². The third-order valence-corrected chi connectivity index (χ3v) is 4.93. The van der Waals surface area contributed by atoms with Crippen LogP contribution in [-0.2, 0) is 27.0 Å². The van der Waals surface area contributed by atoms with Gasteiger partial charge in [-0.15, -0.1) is 13.2 Å². The minimum atomic E-state index is -4.68. The lowest BCUT2D eigenvalue weighted by atomic mass is 9.92. The predicted octanol–water partition coefficient (Wildman–Crippen LogP) is 4.67. The number of rotatable bonds is 9. The summed E-state index contributed by atoms with van der Waals surface area (Å²) in [7, 11) is 0. The van der Waals surface area contributed by atoms with Gasteiger partial charge in [-0.1, -0.05) is 18.7 Å². The van der Waals surface area contributed by atoms with Gasteiger partial charge in [0.25, 0.3) is 0 Å². The fraction of sp³-hybridized carbons (Fsp3) is 0.429. The first-order valence-corrected chi connectivity index (χ1v) is 9.92. The van der Waals surface area contributed by atoms with Crippen LogP contribution in [0.25, 0.3) is 11.3 Å². The molecule has 0 spiro atoms. The average Bonchev–Trinajstić information content (AvgIpc) is 3.15. The van der Waals surface area contributed by atoms with E-state index in [0.717, 1.165) is 12.1 Å². The van der Waals surface area contributed by atoms with Crippen LogP contribution in [0.2, 0.25) is 0 Å². The second-order valence-electron chi connectivity index (χ2n) is 7.56. The van der Waals surface area contributed by atoms with E-state index >= 15 is 0 Å². The van der Waals surface area contributed by atoms with Crippen LogP contribution in [0.1, 0.15) is 24.8 Å². The Hall–Kier alpha value is -2.86. The lowest BCUT2D eigenvalue weighted by Crippen LogP contribution is -2.42. The summed E-state index contributed by atoms with van der Waals surface area (Å²) in [5, 5.41) is 2.55. The molecule has 1 fully saturated rings. The predicted molar refractivity (Wildman–Crippen MR) is 104 cm³/mol. The van der Waals surface area contributed by atoms with Crippen LogP contribution in [-0.4, -0.2) is 40.6 Å². The van der Waals surface area contributed by atoms with E-state index in [9.17, 15) is 31.1 Å². The Bertz CT molecular complexity index is 963. The third kappa shape index (κ3) is 7.60. The summed E-state index contributed by atoms with van der Waals surface area (Å²) >= 11 is 0. The van der Waals surface area contributed by atoms with Crippen LogP contribution in [0.3, 0.4) is 0 Å². The highest BCUT2D eigenvalue weighted by Crippen LogP contribution is 2.32. The van der Waals surface area contributed by atoms with Gasteiger partial charge in [-0.2, -0.15) is 13.2 Å². The zero-order valence-corrected chi connectivity index (χ0v) is 17.2. The van der Waals surface area contributed by atoms with Crippen molar-refractivity contribution in [1.82, 2.24) is 14.9 Å². The van der Waals surface area contributed by atoms with Crippen LogP contribution in [0.5, 0.6) is 0 Å². The summed E-state index contributed by atoms with van der Waals surface area (Å²) in [6, 6.07) is 4.66. The molecular formula is C21H21F6N3O3. The van der Waals surface area contributed by atoms with E-state index in [1.807, 2.05) is 0 Å². The lowest BCUT2D eigenvalue weighted by molar-refractivity contribution is -0.357. The second-order valence-corrected chi connectivity index (χ2v) is 7.56. The van der Waals surface area contributed by atoms with Crippen molar-refractivity contribution in [2.24, 2.45) is 0 Å². The summed E-state index contributed by atoms with van der Waals surface area (Å²) in [5.74, 6) is -0.476. The number of carbonyl (C=O) groups is 1. The summed E-state index contributed by atoms with van der Waals surface area (Å²) in [6.07, 6.45) is -6.83. The zero-order valence-electron chi connectivity index (χ0n) is 17.2. The molecule has 0 radical (unpaired) electrons. The molecule has 0 unspecified atom stereocenters. The molecule has 1 aromatic heterocycles. The summed E-state index contributed by atoms with van der Waals surface area (Å²) in [5.41, 5.74) is 0.693. The van der Waals surface area contributed by atoms with Crippen molar-refractivity contribution in [1.29, 1.82) is 0 Å². The SMILES string of the molecule is C=C(CCn1cnc(-c2ccc(C(F)(F)F)cc2)c1)NC(=O)COC1CC(OC(F)(F)F)C1. The molecule has 3 rings (SSSR count). The lowest BCUT2D eigenvalue weighted by Gasteiger charge is -2.34. The fourth-order valence-corrected chi connectivity index (χ4v) is 3.15. The van der Waals surface area contributed by atoms with Crippen LogP contribution in [0.15, 0.2) is 49.1 Å². The van der Waals surface area contributed by atoms with E-state index in [1.165, 1.54) is 18.5 Å². The number of allylic oxidation sites excluding steroid dienone is 1. The molecule has 12 heteroatoms. The average molecular weight is 477 g/mol. The monoisotopic (exact) mass is 477 g/mol. The number of carbonyl (C=O) groups excluding carboxylic acids is 1. The number of aryl methyl sites for hydroxylation is 1. The van der Waals surface area contributed by atoms with Gasteiger partial charge in [0, 0.05) is 43.3 Å². The van der Waals surface area contributed by atoms with E-state index in [0.29, 0.717) is 29.9 Å². The van der Waals surface area contributed by atoms with E-state index in [4.69, 9.17) is 4.74 Å². The minimum Gasteiger partial charge on any atom is -0.368 e. The van der Waals surface area contributed by atoms with Gasteiger partial charge in [-0.25, -0.2) is 4.98 Å². The van der Waals surface area contributed by atoms with Crippen LogP contribution >= 0.6 is 0 Å². The fourth-order valence-electron chi connectivity index (χ4n) is 3.15. The maximum absolute atomic E-state index is 12.7. The number of hydrogen-bond acceptors (Lipinski definition) is 4. The van der Waals surface area contributed by atoms with E-state index in [2.05, 4.69) is 21.6 Å². The van der Waals surface area contributed by atoms with Crippen molar-refractivity contribution in [3.05, 3.63) is 54.6 Å². The molecule has 1 aliphatic carbocycles. The Morgan fingerprint density at radius 1 is 1.12 bits per heavy atom. The van der Waals surface area contributed by atoms with Crippen molar-refractivity contribution >= 4 is 5.91 Å². The van der Waals surface area contributed by atoms with Crippen molar-refractivity contribution in [2.75, 3.05) is 6.61 Å². The quantitative estimate of drug-likeness (QED) is 0.533. The number of nitrogens with zero attached hydrogens (tertiary/aromatic N) is 2. The zero-order chi connectivity index (χ0) is 24.2. The molecule has 1 N–H and O–H groups in total. The Kier molecular flexibility index (Phi) is 7.48. The van der Waals surface area contributed by atoms with Gasteiger partial charge < -0.3 is 14.6 Å². The molecular weight excluding hydrogens is 456 g/mol. The number of alkyl halides is 6. The first-order valence-electron chi connectivity index (χ1n) is 9.92. The Labute approximate surface area is 185 Å². The van der Waals surface area contributed by atoms with Crippen LogP contribution in [0, 0.1) is 0 Å². The molecule has 1 aliphatic rings. The van der Waals surface area contributed by atoms with Crippen molar-refractivity contribution < 1.29 is 40.6 Å². The number of ether oxygens (including phenoxy) is 2. The van der Waals surface area contributed by atoms with Gasteiger partial charge in [0.05, 0.1) is 29.8 Å². The number of amides is 1. The largest absolute Gasteiger partial charge is 0.522 e. The topological polar surface area (TPSA) is 65.4 Å². The maximum Gasteiger partial charge on any atom is 0.522 e. The van der Waals surface area contributed by atoms with E-state index in [1.54, 1.807) is 10.8 Å². The third-order valence-electron chi connectivity index (χ3n) is 4.93. The first-order chi connectivity index (χ1) is 15.4. The van der Waals surface area contributed by atoms with E-state index < -0.39 is 36.2 Å². The van der Waals surface area contributed by atoms with Gasteiger partial charge in [0.1, 0.15) is 6.61 Å². The maximum atomic E-state index is 12.7. The molecule has 0 aliphatic heterocycles. The van der Waals surface area contributed by atoms with Gasteiger partial charge in [0.15, 0.2) is 0 Å². The molecule has 180 valence electrons. The molecule has 1 aromatic carbocycles. The van der Waals surface area contributed by atoms with Gasteiger partial charge >= 0.3 is 12.5 Å². The summed E-state index contributed by atoms with van der Waals surface area (Å²) < 4.78 is 85.0. The molecule has 33 heavy (non-hydrogen) atoms. The summed E-state index contributed by atoms with van der Waals surface area (Å²) in [6.45, 7) is 3.84. The number of benzene rings is 1. The van der Waals surface area contributed by atoms with Gasteiger partial charge in [-0.05, 0) is 12.1 Å². The smallest absolute Gasteiger partial charge is 0.368 e. The number of halogens is 6. The van der Waals surface area contributed by atoms with Gasteiger partial charge in [0.2, 0.25) is 5.91 Å². The highest BCUT2D eigenvalue weighted by atomic mass is 19.4. The highest BCUT2D eigenvalue weighted by molar-refractivity contribution is 5.78.